The number of anilines is 1. The minimum Gasteiger partial charge on any atom is -0.485 e. The Morgan fingerprint density at radius 3 is 2.86 bits per heavy atom. The first kappa shape index (κ1) is 12.3. The molecule has 3 aromatic rings. The summed E-state index contributed by atoms with van der Waals surface area (Å²) in [6.07, 6.45) is 1.96. The van der Waals surface area contributed by atoms with Crippen LogP contribution in [0.25, 0.3) is 10.9 Å². The van der Waals surface area contributed by atoms with E-state index >= 15 is 0 Å². The van der Waals surface area contributed by atoms with Gasteiger partial charge in [-0.3, -0.25) is 0 Å². The first-order valence-electron chi connectivity index (χ1n) is 7.25. The highest BCUT2D eigenvalue weighted by Gasteiger charge is 2.40. The van der Waals surface area contributed by atoms with Crippen molar-refractivity contribution in [2.75, 3.05) is 5.32 Å². The largest absolute Gasteiger partial charge is 0.485 e. The molecule has 2 aromatic carbocycles. The molecule has 1 unspecified atom stereocenters. The molecule has 3 nitrogen and oxygen atoms in total. The Hall–Kier alpha value is -2.42. The summed E-state index contributed by atoms with van der Waals surface area (Å²) >= 11 is 0. The van der Waals surface area contributed by atoms with Crippen LogP contribution >= 0.6 is 0 Å². The summed E-state index contributed by atoms with van der Waals surface area (Å²) in [6.45, 7) is 4.25. The summed E-state index contributed by atoms with van der Waals surface area (Å²) in [6, 6.07) is 16.9. The molecule has 0 radical (unpaired) electrons. The molecule has 0 saturated heterocycles. The molecule has 3 heteroatoms. The van der Waals surface area contributed by atoms with E-state index in [-0.39, 0.29) is 11.6 Å². The fourth-order valence-electron chi connectivity index (χ4n) is 3.09. The first-order valence-corrected chi connectivity index (χ1v) is 7.25. The van der Waals surface area contributed by atoms with E-state index < -0.39 is 0 Å². The van der Waals surface area contributed by atoms with E-state index in [0.29, 0.717) is 0 Å². The third-order valence-corrected chi connectivity index (χ3v) is 4.16. The summed E-state index contributed by atoms with van der Waals surface area (Å²) in [5, 5.41) is 4.84. The van der Waals surface area contributed by atoms with Gasteiger partial charge < -0.3 is 15.0 Å². The standard InChI is InChI=1S/C18H18N2O/c1-18(2)17(14-5-3-4-6-16(14)21-18)20-13-7-8-15-12(11-13)9-10-19-15/h3-11,17,19-20H,1-2H3. The molecule has 1 aliphatic rings. The fourth-order valence-corrected chi connectivity index (χ4v) is 3.09. The summed E-state index contributed by atoms with van der Waals surface area (Å²) in [5.74, 6) is 0.975. The Kier molecular flexibility index (Phi) is 2.52. The maximum absolute atomic E-state index is 6.08. The van der Waals surface area contributed by atoms with Gasteiger partial charge in [0.25, 0.3) is 0 Å². The third kappa shape index (κ3) is 1.97. The van der Waals surface area contributed by atoms with Crippen molar-refractivity contribution in [1.29, 1.82) is 0 Å². The van der Waals surface area contributed by atoms with Crippen molar-refractivity contribution < 1.29 is 4.74 Å². The molecule has 0 amide bonds. The van der Waals surface area contributed by atoms with Gasteiger partial charge in [0.15, 0.2) is 0 Å². The molecule has 0 fully saturated rings. The number of rotatable bonds is 2. The predicted molar refractivity (Wildman–Crippen MR) is 85.8 cm³/mol. The Morgan fingerprint density at radius 2 is 1.95 bits per heavy atom. The quantitative estimate of drug-likeness (QED) is 0.724. The lowest BCUT2D eigenvalue weighted by Crippen LogP contribution is -2.34. The van der Waals surface area contributed by atoms with Gasteiger partial charge in [-0.25, -0.2) is 0 Å². The molecule has 1 aromatic heterocycles. The van der Waals surface area contributed by atoms with Gasteiger partial charge in [-0.2, -0.15) is 0 Å². The number of para-hydroxylation sites is 1. The van der Waals surface area contributed by atoms with Crippen LogP contribution < -0.4 is 10.1 Å². The average molecular weight is 278 g/mol. The number of aromatic nitrogens is 1. The minimum atomic E-state index is -0.267. The molecule has 0 aliphatic carbocycles. The number of hydrogen-bond donors (Lipinski definition) is 2. The van der Waals surface area contributed by atoms with E-state index in [4.69, 9.17) is 4.74 Å². The maximum atomic E-state index is 6.08. The lowest BCUT2D eigenvalue weighted by atomic mass is 9.94. The van der Waals surface area contributed by atoms with E-state index in [1.807, 2.05) is 18.3 Å². The summed E-state index contributed by atoms with van der Waals surface area (Å²) in [5.41, 5.74) is 3.22. The van der Waals surface area contributed by atoms with Gasteiger partial charge in [0, 0.05) is 28.4 Å². The van der Waals surface area contributed by atoms with Crippen LogP contribution in [0.5, 0.6) is 5.75 Å². The monoisotopic (exact) mass is 278 g/mol. The topological polar surface area (TPSA) is 37.0 Å². The SMILES string of the molecule is CC1(C)Oc2ccccc2C1Nc1ccc2[nH]ccc2c1. The molecule has 4 rings (SSSR count). The van der Waals surface area contributed by atoms with E-state index in [1.165, 1.54) is 10.9 Å². The maximum Gasteiger partial charge on any atom is 0.128 e. The molecule has 21 heavy (non-hydrogen) atoms. The number of ether oxygens (including phenoxy) is 1. The van der Waals surface area contributed by atoms with Crippen LogP contribution in [0.2, 0.25) is 0 Å². The molecular formula is C18H18N2O. The zero-order chi connectivity index (χ0) is 14.4. The summed E-state index contributed by atoms with van der Waals surface area (Å²) in [4.78, 5) is 3.22. The zero-order valence-corrected chi connectivity index (χ0v) is 12.2. The average Bonchev–Trinajstić information content (AvgIpc) is 3.01. The molecule has 0 saturated carbocycles. The van der Waals surface area contributed by atoms with Gasteiger partial charge in [-0.15, -0.1) is 0 Å². The minimum absolute atomic E-state index is 0.144. The van der Waals surface area contributed by atoms with Gasteiger partial charge in [0.1, 0.15) is 11.4 Å². The van der Waals surface area contributed by atoms with Crippen LogP contribution in [0.15, 0.2) is 54.7 Å². The van der Waals surface area contributed by atoms with Gasteiger partial charge >= 0.3 is 0 Å². The molecule has 2 heterocycles. The summed E-state index contributed by atoms with van der Waals surface area (Å²) < 4.78 is 6.08. The van der Waals surface area contributed by atoms with Crippen molar-refractivity contribution in [3.05, 3.63) is 60.3 Å². The molecule has 2 N–H and O–H groups in total. The van der Waals surface area contributed by atoms with Crippen LogP contribution in [0.1, 0.15) is 25.5 Å². The van der Waals surface area contributed by atoms with E-state index in [0.717, 1.165) is 17.0 Å². The van der Waals surface area contributed by atoms with Crippen molar-refractivity contribution >= 4 is 16.6 Å². The highest BCUT2D eigenvalue weighted by atomic mass is 16.5. The molecular weight excluding hydrogens is 260 g/mol. The number of hydrogen-bond acceptors (Lipinski definition) is 2. The number of fused-ring (bicyclic) bond motifs is 2. The number of benzene rings is 2. The molecule has 0 spiro atoms. The Labute approximate surface area is 123 Å². The number of aromatic amines is 1. The van der Waals surface area contributed by atoms with Crippen molar-refractivity contribution in [2.45, 2.75) is 25.5 Å². The second kappa shape index (κ2) is 4.29. The Bertz CT molecular complexity index is 804. The summed E-state index contributed by atoms with van der Waals surface area (Å²) in [7, 11) is 0. The van der Waals surface area contributed by atoms with Crippen LogP contribution in [0, 0.1) is 0 Å². The lowest BCUT2D eigenvalue weighted by Gasteiger charge is -2.28. The van der Waals surface area contributed by atoms with Gasteiger partial charge in [-0.1, -0.05) is 18.2 Å². The predicted octanol–water partition coefficient (Wildman–Crippen LogP) is 4.49. The first-order chi connectivity index (χ1) is 10.1. The van der Waals surface area contributed by atoms with Crippen molar-refractivity contribution in [3.63, 3.8) is 0 Å². The lowest BCUT2D eigenvalue weighted by molar-refractivity contribution is 0.118. The second-order valence-electron chi connectivity index (χ2n) is 6.10. The number of nitrogens with one attached hydrogen (secondary N) is 2. The van der Waals surface area contributed by atoms with Gasteiger partial charge in [-0.05, 0) is 44.2 Å². The van der Waals surface area contributed by atoms with Crippen LogP contribution in [-0.2, 0) is 0 Å². The number of H-pyrrole nitrogens is 1. The smallest absolute Gasteiger partial charge is 0.128 e. The van der Waals surface area contributed by atoms with Crippen LogP contribution in [-0.4, -0.2) is 10.6 Å². The van der Waals surface area contributed by atoms with Gasteiger partial charge in [0.2, 0.25) is 0 Å². The molecule has 106 valence electrons. The van der Waals surface area contributed by atoms with E-state index in [9.17, 15) is 0 Å². The van der Waals surface area contributed by atoms with Crippen molar-refractivity contribution in [3.8, 4) is 5.75 Å². The zero-order valence-electron chi connectivity index (χ0n) is 12.2. The highest BCUT2D eigenvalue weighted by molar-refractivity contribution is 5.83. The normalized spacial score (nSPS) is 19.2. The van der Waals surface area contributed by atoms with Crippen molar-refractivity contribution in [1.82, 2.24) is 4.98 Å². The van der Waals surface area contributed by atoms with Crippen LogP contribution in [0.4, 0.5) is 5.69 Å². The second-order valence-corrected chi connectivity index (χ2v) is 6.10. The third-order valence-electron chi connectivity index (χ3n) is 4.16. The highest BCUT2D eigenvalue weighted by Crippen LogP contribution is 2.44. The van der Waals surface area contributed by atoms with E-state index in [1.54, 1.807) is 0 Å². The Balaban J connectivity index is 1.72. The fraction of sp³-hybridized carbons (Fsp3) is 0.222. The van der Waals surface area contributed by atoms with E-state index in [2.05, 4.69) is 60.5 Å². The molecule has 1 aliphatic heterocycles. The Morgan fingerprint density at radius 1 is 1.10 bits per heavy atom. The van der Waals surface area contributed by atoms with Crippen LogP contribution in [0.3, 0.4) is 0 Å². The van der Waals surface area contributed by atoms with Gasteiger partial charge in [0.05, 0.1) is 6.04 Å². The van der Waals surface area contributed by atoms with Crippen molar-refractivity contribution in [2.24, 2.45) is 0 Å². The molecule has 0 bridgehead atoms. The molecule has 1 atom stereocenters.